The van der Waals surface area contributed by atoms with Gasteiger partial charge in [0, 0.05) is 23.4 Å². The van der Waals surface area contributed by atoms with E-state index in [-0.39, 0.29) is 11.3 Å². The number of nitro benzene ring substituents is 1. The Bertz CT molecular complexity index is 725. The fourth-order valence-electron chi connectivity index (χ4n) is 1.54. The van der Waals surface area contributed by atoms with Crippen LogP contribution < -0.4 is 5.32 Å². The molecule has 0 fully saturated rings. The lowest BCUT2D eigenvalue weighted by Gasteiger charge is -2.03. The van der Waals surface area contributed by atoms with Crippen LogP contribution in [-0.4, -0.2) is 10.8 Å². The van der Waals surface area contributed by atoms with E-state index in [1.54, 1.807) is 12.1 Å². The van der Waals surface area contributed by atoms with Gasteiger partial charge in [-0.3, -0.25) is 14.9 Å². The molecule has 21 heavy (non-hydrogen) atoms. The van der Waals surface area contributed by atoms with Crippen molar-refractivity contribution in [1.29, 1.82) is 5.26 Å². The Morgan fingerprint density at radius 2 is 2.05 bits per heavy atom. The highest BCUT2D eigenvalue weighted by Crippen LogP contribution is 2.16. The molecule has 1 amide bonds. The minimum absolute atomic E-state index is 0.0811. The predicted octanol–water partition coefficient (Wildman–Crippen LogP) is 2.73. The molecule has 0 atom stereocenters. The summed E-state index contributed by atoms with van der Waals surface area (Å²) in [5.74, 6) is -0.604. The lowest BCUT2D eigenvalue weighted by molar-refractivity contribution is -0.384. The summed E-state index contributed by atoms with van der Waals surface area (Å²) >= 11 is 0. The van der Waals surface area contributed by atoms with Gasteiger partial charge in [0.1, 0.15) is 11.6 Å². The van der Waals surface area contributed by atoms with Gasteiger partial charge < -0.3 is 9.73 Å². The van der Waals surface area contributed by atoms with Crippen LogP contribution in [0, 0.1) is 21.4 Å². The van der Waals surface area contributed by atoms with Gasteiger partial charge in [0.15, 0.2) is 0 Å². The lowest BCUT2D eigenvalue weighted by atomic mass is 10.2. The van der Waals surface area contributed by atoms with E-state index in [1.807, 2.05) is 0 Å². The first-order valence-corrected chi connectivity index (χ1v) is 5.80. The van der Waals surface area contributed by atoms with Crippen LogP contribution >= 0.6 is 0 Å². The second kappa shape index (κ2) is 6.16. The largest absolute Gasteiger partial charge is 0.472 e. The number of nitro groups is 1. The Kier molecular flexibility index (Phi) is 4.11. The van der Waals surface area contributed by atoms with E-state index in [4.69, 9.17) is 9.68 Å². The smallest absolute Gasteiger partial charge is 0.269 e. The number of carbonyl (C=O) groups is 1. The molecule has 0 saturated carbocycles. The van der Waals surface area contributed by atoms with E-state index >= 15 is 0 Å². The number of rotatable bonds is 4. The highest BCUT2D eigenvalue weighted by Gasteiger charge is 2.11. The molecule has 2 aromatic rings. The SMILES string of the molecule is N#C/C(=C/c1ccoc1)C(=O)Nc1ccc([N+](=O)[O-])cc1. The first kappa shape index (κ1) is 14.0. The number of non-ortho nitro benzene ring substituents is 1. The van der Waals surface area contributed by atoms with E-state index in [9.17, 15) is 14.9 Å². The van der Waals surface area contributed by atoms with Gasteiger partial charge in [-0.15, -0.1) is 0 Å². The Labute approximate surface area is 119 Å². The van der Waals surface area contributed by atoms with Gasteiger partial charge >= 0.3 is 0 Å². The van der Waals surface area contributed by atoms with Crippen molar-refractivity contribution in [2.75, 3.05) is 5.32 Å². The molecule has 2 rings (SSSR count). The number of carbonyl (C=O) groups excluding carboxylic acids is 1. The Morgan fingerprint density at radius 3 is 2.57 bits per heavy atom. The maximum atomic E-state index is 11.9. The molecule has 1 aromatic carbocycles. The number of furan rings is 1. The van der Waals surface area contributed by atoms with Gasteiger partial charge in [0.05, 0.1) is 17.4 Å². The van der Waals surface area contributed by atoms with E-state index in [0.29, 0.717) is 11.3 Å². The number of nitriles is 1. The van der Waals surface area contributed by atoms with Crippen molar-refractivity contribution in [2.24, 2.45) is 0 Å². The topological polar surface area (TPSA) is 109 Å². The Morgan fingerprint density at radius 1 is 1.33 bits per heavy atom. The summed E-state index contributed by atoms with van der Waals surface area (Å²) in [5.41, 5.74) is 0.765. The zero-order valence-corrected chi connectivity index (χ0v) is 10.6. The second-order valence-electron chi connectivity index (χ2n) is 3.98. The molecule has 104 valence electrons. The first-order chi connectivity index (χ1) is 10.1. The summed E-state index contributed by atoms with van der Waals surface area (Å²) in [6.07, 6.45) is 4.20. The van der Waals surface area contributed by atoms with Crippen LogP contribution in [0.25, 0.3) is 6.08 Å². The van der Waals surface area contributed by atoms with Crippen molar-refractivity contribution in [3.8, 4) is 6.07 Å². The minimum atomic E-state index is -0.604. The summed E-state index contributed by atoms with van der Waals surface area (Å²) in [6.45, 7) is 0. The van der Waals surface area contributed by atoms with Crippen LogP contribution in [0.15, 0.2) is 52.8 Å². The monoisotopic (exact) mass is 283 g/mol. The molecule has 0 spiro atoms. The maximum absolute atomic E-state index is 11.9. The molecule has 0 unspecified atom stereocenters. The van der Waals surface area contributed by atoms with E-state index in [1.165, 1.54) is 42.9 Å². The third kappa shape index (κ3) is 3.54. The number of hydrogen-bond donors (Lipinski definition) is 1. The van der Waals surface area contributed by atoms with Gasteiger partial charge in [-0.25, -0.2) is 0 Å². The lowest BCUT2D eigenvalue weighted by Crippen LogP contribution is -2.13. The fourth-order valence-corrected chi connectivity index (χ4v) is 1.54. The number of hydrogen-bond acceptors (Lipinski definition) is 5. The summed E-state index contributed by atoms with van der Waals surface area (Å²) in [4.78, 5) is 21.9. The fraction of sp³-hybridized carbons (Fsp3) is 0. The predicted molar refractivity (Wildman–Crippen MR) is 74.0 cm³/mol. The van der Waals surface area contributed by atoms with E-state index in [2.05, 4.69) is 5.32 Å². The standard InChI is InChI=1S/C14H9N3O4/c15-8-11(7-10-5-6-21-9-10)14(18)16-12-1-3-13(4-2-12)17(19)20/h1-7,9H,(H,16,18)/b11-7-. The third-order valence-electron chi connectivity index (χ3n) is 2.56. The molecule has 0 aliphatic carbocycles. The first-order valence-electron chi connectivity index (χ1n) is 5.80. The molecule has 1 heterocycles. The van der Waals surface area contributed by atoms with Crippen molar-refractivity contribution in [1.82, 2.24) is 0 Å². The van der Waals surface area contributed by atoms with Crippen molar-refractivity contribution in [2.45, 2.75) is 0 Å². The summed E-state index contributed by atoms with van der Waals surface area (Å²) in [5, 5.41) is 22.0. The molecule has 0 saturated heterocycles. The molecule has 7 nitrogen and oxygen atoms in total. The molecule has 1 N–H and O–H groups in total. The molecule has 0 radical (unpaired) electrons. The van der Waals surface area contributed by atoms with Gasteiger partial charge in [0.25, 0.3) is 11.6 Å². The molecule has 0 aliphatic rings. The third-order valence-corrected chi connectivity index (χ3v) is 2.56. The highest BCUT2D eigenvalue weighted by atomic mass is 16.6. The molecule has 7 heteroatoms. The van der Waals surface area contributed by atoms with Gasteiger partial charge in [-0.1, -0.05) is 0 Å². The van der Waals surface area contributed by atoms with Gasteiger partial charge in [-0.05, 0) is 24.3 Å². The number of amides is 1. The van der Waals surface area contributed by atoms with Crippen LogP contribution in [0.1, 0.15) is 5.56 Å². The quantitative estimate of drug-likeness (QED) is 0.401. The average molecular weight is 283 g/mol. The highest BCUT2D eigenvalue weighted by molar-refractivity contribution is 6.09. The zero-order chi connectivity index (χ0) is 15.2. The van der Waals surface area contributed by atoms with Crippen LogP contribution in [0.4, 0.5) is 11.4 Å². The summed E-state index contributed by atoms with van der Waals surface area (Å²) in [7, 11) is 0. The van der Waals surface area contributed by atoms with E-state index < -0.39 is 10.8 Å². The van der Waals surface area contributed by atoms with Gasteiger partial charge in [-0.2, -0.15) is 5.26 Å². The van der Waals surface area contributed by atoms with Crippen LogP contribution in [0.3, 0.4) is 0 Å². The van der Waals surface area contributed by atoms with Gasteiger partial charge in [0.2, 0.25) is 0 Å². The van der Waals surface area contributed by atoms with Crippen LogP contribution in [0.5, 0.6) is 0 Å². The minimum Gasteiger partial charge on any atom is -0.472 e. The summed E-state index contributed by atoms with van der Waals surface area (Å²) < 4.78 is 4.84. The number of benzene rings is 1. The van der Waals surface area contributed by atoms with E-state index in [0.717, 1.165) is 0 Å². The number of anilines is 1. The molecule has 0 aliphatic heterocycles. The van der Waals surface area contributed by atoms with Crippen molar-refractivity contribution < 1.29 is 14.1 Å². The molecular formula is C14H9N3O4. The molecular weight excluding hydrogens is 274 g/mol. The van der Waals surface area contributed by atoms with Crippen molar-refractivity contribution >= 4 is 23.4 Å². The second-order valence-corrected chi connectivity index (χ2v) is 3.98. The number of nitrogens with one attached hydrogen (secondary N) is 1. The van der Waals surface area contributed by atoms with Crippen LogP contribution in [-0.2, 0) is 4.79 Å². The normalized spacial score (nSPS) is 10.7. The Balaban J connectivity index is 2.13. The van der Waals surface area contributed by atoms with Crippen molar-refractivity contribution in [3.05, 3.63) is 64.1 Å². The Hall–Kier alpha value is -3.40. The number of nitrogens with zero attached hydrogens (tertiary/aromatic N) is 2. The van der Waals surface area contributed by atoms with Crippen molar-refractivity contribution in [3.63, 3.8) is 0 Å². The summed E-state index contributed by atoms with van der Waals surface area (Å²) in [6, 6.07) is 8.71. The average Bonchev–Trinajstić information content (AvgIpc) is 2.98. The molecule has 1 aromatic heterocycles. The molecule has 0 bridgehead atoms. The zero-order valence-electron chi connectivity index (χ0n) is 10.6. The maximum Gasteiger partial charge on any atom is 0.269 e. The van der Waals surface area contributed by atoms with Crippen LogP contribution in [0.2, 0.25) is 0 Å².